The number of benzene rings is 2. The third-order valence-corrected chi connectivity index (χ3v) is 7.96. The molecule has 236 valence electrons. The molecule has 0 radical (unpaired) electrons. The minimum Gasteiger partial charge on any atom is -0.485 e. The average Bonchev–Trinajstić information content (AvgIpc) is 3.51. The van der Waals surface area contributed by atoms with E-state index in [0.717, 1.165) is 12.0 Å². The van der Waals surface area contributed by atoms with Gasteiger partial charge in [0.15, 0.2) is 11.6 Å². The quantitative estimate of drug-likeness (QED) is 0.334. The lowest BCUT2D eigenvalue weighted by molar-refractivity contribution is -0.385. The van der Waals surface area contributed by atoms with Crippen molar-refractivity contribution in [2.24, 2.45) is 0 Å². The van der Waals surface area contributed by atoms with Gasteiger partial charge in [0.2, 0.25) is 5.91 Å². The largest absolute Gasteiger partial charge is 0.485 e. The second-order valence-corrected chi connectivity index (χ2v) is 11.3. The van der Waals surface area contributed by atoms with Crippen molar-refractivity contribution in [3.05, 3.63) is 81.7 Å². The van der Waals surface area contributed by atoms with Gasteiger partial charge in [-0.05, 0) is 62.8 Å². The number of rotatable bonds is 4. The smallest absolute Gasteiger partial charge is 0.408 e. The molecular formula is C32H36N6O7. The average molecular weight is 617 g/mol. The van der Waals surface area contributed by atoms with Gasteiger partial charge >= 0.3 is 11.8 Å². The highest BCUT2D eigenvalue weighted by Crippen LogP contribution is 2.32. The number of alkyl carbamates (subject to hydrolysis) is 1. The summed E-state index contributed by atoms with van der Waals surface area (Å²) in [6.45, 7) is 2.68. The third-order valence-electron chi connectivity index (χ3n) is 7.96. The van der Waals surface area contributed by atoms with Gasteiger partial charge in [-0.2, -0.15) is 0 Å². The summed E-state index contributed by atoms with van der Waals surface area (Å²) in [6, 6.07) is 14.0. The molecule has 6 rings (SSSR count). The summed E-state index contributed by atoms with van der Waals surface area (Å²) in [5.74, 6) is -0.361. The number of nitro groups is 1. The number of carbonyl (C=O) groups is 3. The summed E-state index contributed by atoms with van der Waals surface area (Å²) in [5, 5.41) is 14.8. The molecule has 13 heteroatoms. The van der Waals surface area contributed by atoms with Crippen molar-refractivity contribution in [2.75, 3.05) is 26.7 Å². The van der Waals surface area contributed by atoms with Gasteiger partial charge in [0.1, 0.15) is 24.9 Å². The molecule has 13 nitrogen and oxygen atoms in total. The monoisotopic (exact) mass is 616 g/mol. The number of fused-ring (bicyclic) bond motifs is 10. The normalized spacial score (nSPS) is 19.2. The molecule has 45 heavy (non-hydrogen) atoms. The molecule has 0 unspecified atom stereocenters. The molecule has 4 bridgehead atoms. The second kappa shape index (κ2) is 14.1. The summed E-state index contributed by atoms with van der Waals surface area (Å²) in [6.07, 6.45) is 2.12. The highest BCUT2D eigenvalue weighted by molar-refractivity contribution is 5.92. The molecule has 3 amide bonds. The van der Waals surface area contributed by atoms with Crippen LogP contribution in [0.15, 0.2) is 54.6 Å². The molecule has 0 saturated carbocycles. The van der Waals surface area contributed by atoms with Crippen LogP contribution in [0.5, 0.6) is 5.75 Å². The fourth-order valence-electron chi connectivity index (χ4n) is 5.57. The Morgan fingerprint density at radius 1 is 1.07 bits per heavy atom. The lowest BCUT2D eigenvalue weighted by atomic mass is 10.1. The Kier molecular flexibility index (Phi) is 9.86. The van der Waals surface area contributed by atoms with Crippen LogP contribution in [0.3, 0.4) is 0 Å². The Morgan fingerprint density at radius 3 is 2.64 bits per heavy atom. The maximum absolute atomic E-state index is 13.8. The molecule has 1 fully saturated rings. The van der Waals surface area contributed by atoms with Gasteiger partial charge in [-0.1, -0.05) is 30.3 Å². The lowest BCUT2D eigenvalue weighted by Gasteiger charge is -2.29. The van der Waals surface area contributed by atoms with Crippen LogP contribution in [0, 0.1) is 17.0 Å². The van der Waals surface area contributed by atoms with Crippen LogP contribution in [-0.2, 0) is 16.1 Å². The fraction of sp³-hybridized carbons (Fsp3) is 0.406. The summed E-state index contributed by atoms with van der Waals surface area (Å²) < 4.78 is 11.3. The minimum atomic E-state index is -0.863. The van der Waals surface area contributed by atoms with Gasteiger partial charge in [-0.15, -0.1) is 0 Å². The van der Waals surface area contributed by atoms with Crippen LogP contribution in [-0.4, -0.2) is 81.4 Å². The second-order valence-electron chi connectivity index (χ2n) is 11.3. The Balaban J connectivity index is 1.41. The molecule has 1 saturated heterocycles. The van der Waals surface area contributed by atoms with Crippen molar-refractivity contribution in [3.63, 3.8) is 0 Å². The van der Waals surface area contributed by atoms with Crippen molar-refractivity contribution in [1.29, 1.82) is 0 Å². The van der Waals surface area contributed by atoms with Gasteiger partial charge in [-0.25, -0.2) is 14.8 Å². The fourth-order valence-corrected chi connectivity index (χ4v) is 5.57. The Hall–Kier alpha value is -5.07. The van der Waals surface area contributed by atoms with E-state index in [1.165, 1.54) is 17.0 Å². The minimum absolute atomic E-state index is 0.0431. The molecule has 3 aliphatic heterocycles. The van der Waals surface area contributed by atoms with Crippen molar-refractivity contribution in [3.8, 4) is 17.1 Å². The summed E-state index contributed by atoms with van der Waals surface area (Å²) >= 11 is 0. The van der Waals surface area contributed by atoms with Crippen LogP contribution < -0.4 is 10.1 Å². The first-order valence-corrected chi connectivity index (χ1v) is 15.0. The van der Waals surface area contributed by atoms with E-state index in [-0.39, 0.29) is 54.0 Å². The number of aromatic nitrogens is 2. The van der Waals surface area contributed by atoms with E-state index in [2.05, 4.69) is 15.3 Å². The number of nitro benzene ring substituents is 1. The number of nitrogens with one attached hydrogen (secondary N) is 1. The van der Waals surface area contributed by atoms with Crippen LogP contribution in [0.1, 0.15) is 53.8 Å². The van der Waals surface area contributed by atoms with E-state index >= 15 is 0 Å². The number of carbonyl (C=O) groups excluding carboxylic acids is 3. The number of hydrogen-bond donors (Lipinski definition) is 1. The van der Waals surface area contributed by atoms with Gasteiger partial charge < -0.3 is 24.6 Å². The van der Waals surface area contributed by atoms with Crippen molar-refractivity contribution in [2.45, 2.75) is 57.7 Å². The van der Waals surface area contributed by atoms with Gasteiger partial charge in [-0.3, -0.25) is 19.7 Å². The molecule has 3 aliphatic rings. The Labute approximate surface area is 260 Å². The molecule has 2 atom stereocenters. The molecule has 0 aliphatic carbocycles. The summed E-state index contributed by atoms with van der Waals surface area (Å²) in [4.78, 5) is 63.5. The zero-order valence-electron chi connectivity index (χ0n) is 25.3. The van der Waals surface area contributed by atoms with E-state index in [1.54, 1.807) is 31.0 Å². The molecule has 1 aromatic heterocycles. The first kappa shape index (κ1) is 31.4. The van der Waals surface area contributed by atoms with Gasteiger partial charge in [0.25, 0.3) is 5.91 Å². The lowest BCUT2D eigenvalue weighted by Crippen LogP contribution is -2.51. The highest BCUT2D eigenvalue weighted by Gasteiger charge is 2.35. The van der Waals surface area contributed by atoms with Crippen molar-refractivity contribution >= 4 is 23.6 Å². The van der Waals surface area contributed by atoms with Crippen molar-refractivity contribution in [1.82, 2.24) is 25.1 Å². The van der Waals surface area contributed by atoms with Crippen LogP contribution in [0.2, 0.25) is 0 Å². The standard InChI is InChI=1S/C32H36N6O7/c1-21-17-26-30(39)36(2)15-7-6-12-25(35-32(41)45-19-22-9-4-3-5-10-22)31(40)37-16-8-11-24(37)20-44-28-14-13-23(29(33-21)34-26)18-27(28)38(42)43/h3-5,9-10,13-14,17-18,24-25H,6-8,11-12,15-16,19-20H2,1-2H3,(H,35,41)/t24-,25+/m0/s1. The molecular weight excluding hydrogens is 580 g/mol. The third kappa shape index (κ3) is 7.72. The molecule has 3 aromatic rings. The number of ether oxygens (including phenoxy) is 2. The maximum Gasteiger partial charge on any atom is 0.408 e. The van der Waals surface area contributed by atoms with Gasteiger partial charge in [0.05, 0.1) is 11.0 Å². The SMILES string of the molecule is Cc1cc2nc(n1)-c1ccc(c([N+](=O)[O-])c1)OC[C@@H]1CCCN1C(=O)[C@H](NC(=O)OCc1ccccc1)CCCCN(C)C2=O. The molecule has 1 N–H and O–H groups in total. The number of hydrogen-bond acceptors (Lipinski definition) is 9. The predicted molar refractivity (Wildman–Crippen MR) is 163 cm³/mol. The number of nitrogens with zero attached hydrogens (tertiary/aromatic N) is 5. The van der Waals surface area contributed by atoms with E-state index in [1.807, 2.05) is 30.3 Å². The first-order valence-electron chi connectivity index (χ1n) is 15.0. The zero-order chi connectivity index (χ0) is 31.9. The molecule has 4 heterocycles. The maximum atomic E-state index is 13.8. The van der Waals surface area contributed by atoms with E-state index in [4.69, 9.17) is 9.47 Å². The summed E-state index contributed by atoms with van der Waals surface area (Å²) in [5.41, 5.74) is 1.61. The molecule has 0 spiro atoms. The van der Waals surface area contributed by atoms with E-state index in [9.17, 15) is 24.5 Å². The first-order chi connectivity index (χ1) is 21.7. The number of amides is 3. The van der Waals surface area contributed by atoms with Crippen LogP contribution >= 0.6 is 0 Å². The van der Waals surface area contributed by atoms with E-state index < -0.39 is 17.1 Å². The van der Waals surface area contributed by atoms with Crippen LogP contribution in [0.25, 0.3) is 11.4 Å². The topological polar surface area (TPSA) is 157 Å². The number of aryl methyl sites for hydroxylation is 1. The highest BCUT2D eigenvalue weighted by atomic mass is 16.6. The Morgan fingerprint density at radius 2 is 1.87 bits per heavy atom. The van der Waals surface area contributed by atoms with Crippen molar-refractivity contribution < 1.29 is 28.8 Å². The zero-order valence-corrected chi connectivity index (χ0v) is 25.3. The Bertz CT molecular complexity index is 1570. The summed E-state index contributed by atoms with van der Waals surface area (Å²) in [7, 11) is 1.66. The molecule has 2 aromatic carbocycles. The van der Waals surface area contributed by atoms with Gasteiger partial charge in [0, 0.05) is 37.5 Å². The van der Waals surface area contributed by atoms with Crippen LogP contribution in [0.4, 0.5) is 10.5 Å². The predicted octanol–water partition coefficient (Wildman–Crippen LogP) is 4.28. The van der Waals surface area contributed by atoms with E-state index in [0.29, 0.717) is 50.0 Å².